The van der Waals surface area contributed by atoms with E-state index < -0.39 is 0 Å². The van der Waals surface area contributed by atoms with Gasteiger partial charge in [-0.25, -0.2) is 0 Å². The third kappa shape index (κ3) is 2.21. The van der Waals surface area contributed by atoms with Crippen molar-refractivity contribution in [1.29, 1.82) is 0 Å². The van der Waals surface area contributed by atoms with Crippen molar-refractivity contribution in [3.63, 3.8) is 0 Å². The first-order chi connectivity index (χ1) is 9.77. The first-order valence-electron chi connectivity index (χ1n) is 6.70. The van der Waals surface area contributed by atoms with Crippen LogP contribution >= 0.6 is 0 Å². The summed E-state index contributed by atoms with van der Waals surface area (Å²) < 4.78 is 0. The summed E-state index contributed by atoms with van der Waals surface area (Å²) in [6.07, 6.45) is 3.51. The van der Waals surface area contributed by atoms with Gasteiger partial charge in [-0.2, -0.15) is 0 Å². The molecule has 2 heteroatoms. The van der Waals surface area contributed by atoms with Gasteiger partial charge in [-0.1, -0.05) is 48.5 Å². The minimum absolute atomic E-state index is 0.944. The fraction of sp³-hybridized carbons (Fsp3) is 0.111. The van der Waals surface area contributed by atoms with Gasteiger partial charge in [-0.3, -0.25) is 9.97 Å². The maximum Gasteiger partial charge on any atom is 0.0967 e. The predicted octanol–water partition coefficient (Wildman–Crippen LogP) is 4.43. The van der Waals surface area contributed by atoms with Gasteiger partial charge in [0.05, 0.1) is 11.4 Å². The van der Waals surface area contributed by atoms with E-state index in [0.717, 1.165) is 22.5 Å². The molecular weight excluding hydrogens is 244 g/mol. The molecule has 0 N–H and O–H groups in total. The Bertz CT molecular complexity index is 683. The largest absolute Gasteiger partial charge is 0.252 e. The molecule has 0 bridgehead atoms. The molecule has 0 aliphatic rings. The summed E-state index contributed by atoms with van der Waals surface area (Å²) in [5.74, 6) is 0. The van der Waals surface area contributed by atoms with Crippen LogP contribution in [0.1, 0.15) is 11.1 Å². The van der Waals surface area contributed by atoms with Crippen molar-refractivity contribution in [2.45, 2.75) is 13.8 Å². The van der Waals surface area contributed by atoms with Crippen molar-refractivity contribution in [2.24, 2.45) is 0 Å². The van der Waals surface area contributed by atoms with E-state index in [0.29, 0.717) is 0 Å². The minimum Gasteiger partial charge on any atom is -0.252 e. The fourth-order valence-electron chi connectivity index (χ4n) is 2.41. The van der Waals surface area contributed by atoms with Crippen LogP contribution in [0.25, 0.3) is 22.5 Å². The highest BCUT2D eigenvalue weighted by molar-refractivity contribution is 5.80. The highest BCUT2D eigenvalue weighted by atomic mass is 14.8. The highest BCUT2D eigenvalue weighted by Gasteiger charge is 2.12. The molecule has 0 saturated heterocycles. The Morgan fingerprint density at radius 2 is 1.00 bits per heavy atom. The van der Waals surface area contributed by atoms with Gasteiger partial charge in [-0.15, -0.1) is 0 Å². The van der Waals surface area contributed by atoms with Crippen molar-refractivity contribution in [1.82, 2.24) is 9.97 Å². The number of hydrogen-bond acceptors (Lipinski definition) is 2. The molecular formula is C18H16N2. The van der Waals surface area contributed by atoms with Gasteiger partial charge in [0.25, 0.3) is 0 Å². The molecule has 0 amide bonds. The average molecular weight is 260 g/mol. The Hall–Kier alpha value is -2.48. The second kappa shape index (κ2) is 5.25. The first kappa shape index (κ1) is 12.5. The molecule has 0 aliphatic carbocycles. The molecule has 0 unspecified atom stereocenters. The smallest absolute Gasteiger partial charge is 0.0967 e. The molecule has 3 aromatic rings. The van der Waals surface area contributed by atoms with Crippen molar-refractivity contribution in [3.05, 3.63) is 72.1 Å². The first-order valence-corrected chi connectivity index (χ1v) is 6.70. The Morgan fingerprint density at radius 1 is 0.600 bits per heavy atom. The number of benzene rings is 2. The standard InChI is InChI=1S/C18H16N2/c1-13-7-3-5-9-15(13)17-18(20-12-11-19-17)16-10-6-4-8-14(16)2/h3-12H,1-2H3. The normalized spacial score (nSPS) is 10.5. The lowest BCUT2D eigenvalue weighted by Gasteiger charge is -2.11. The van der Waals surface area contributed by atoms with Gasteiger partial charge >= 0.3 is 0 Å². The van der Waals surface area contributed by atoms with Crippen LogP contribution in [0.3, 0.4) is 0 Å². The lowest BCUT2D eigenvalue weighted by Crippen LogP contribution is -1.95. The van der Waals surface area contributed by atoms with Crippen molar-refractivity contribution < 1.29 is 0 Å². The summed E-state index contributed by atoms with van der Waals surface area (Å²) in [7, 11) is 0. The summed E-state index contributed by atoms with van der Waals surface area (Å²) in [5, 5.41) is 0. The molecule has 0 fully saturated rings. The van der Waals surface area contributed by atoms with Crippen LogP contribution < -0.4 is 0 Å². The van der Waals surface area contributed by atoms with E-state index in [1.807, 2.05) is 24.3 Å². The van der Waals surface area contributed by atoms with E-state index in [4.69, 9.17) is 0 Å². The summed E-state index contributed by atoms with van der Waals surface area (Å²) in [5.41, 5.74) is 6.59. The zero-order valence-corrected chi connectivity index (χ0v) is 11.7. The molecule has 1 aromatic heterocycles. The number of rotatable bonds is 2. The summed E-state index contributed by atoms with van der Waals surface area (Å²) >= 11 is 0. The molecule has 20 heavy (non-hydrogen) atoms. The number of hydrogen-bond donors (Lipinski definition) is 0. The van der Waals surface area contributed by atoms with Crippen molar-refractivity contribution >= 4 is 0 Å². The summed E-state index contributed by atoms with van der Waals surface area (Å²) in [4.78, 5) is 9.13. The van der Waals surface area contributed by atoms with Crippen LogP contribution in [-0.4, -0.2) is 9.97 Å². The third-order valence-electron chi connectivity index (χ3n) is 3.50. The molecule has 0 spiro atoms. The monoisotopic (exact) mass is 260 g/mol. The van der Waals surface area contributed by atoms with E-state index in [-0.39, 0.29) is 0 Å². The summed E-state index contributed by atoms with van der Waals surface area (Å²) in [6, 6.07) is 16.6. The maximum atomic E-state index is 4.56. The van der Waals surface area contributed by atoms with E-state index in [1.165, 1.54) is 11.1 Å². The number of aromatic nitrogens is 2. The molecule has 0 atom stereocenters. The topological polar surface area (TPSA) is 25.8 Å². The van der Waals surface area contributed by atoms with Gasteiger partial charge in [0, 0.05) is 23.5 Å². The molecule has 3 rings (SSSR count). The van der Waals surface area contributed by atoms with Crippen LogP contribution in [0.5, 0.6) is 0 Å². The third-order valence-corrected chi connectivity index (χ3v) is 3.50. The van der Waals surface area contributed by atoms with Gasteiger partial charge < -0.3 is 0 Å². The van der Waals surface area contributed by atoms with Crippen LogP contribution in [-0.2, 0) is 0 Å². The number of aryl methyl sites for hydroxylation is 2. The van der Waals surface area contributed by atoms with Crippen LogP contribution in [0, 0.1) is 13.8 Å². The Kier molecular flexibility index (Phi) is 3.30. The average Bonchev–Trinajstić information content (AvgIpc) is 2.48. The highest BCUT2D eigenvalue weighted by Crippen LogP contribution is 2.31. The predicted molar refractivity (Wildman–Crippen MR) is 82.4 cm³/mol. The van der Waals surface area contributed by atoms with Crippen LogP contribution in [0.4, 0.5) is 0 Å². The SMILES string of the molecule is Cc1ccccc1-c1nccnc1-c1ccccc1C. The van der Waals surface area contributed by atoms with E-state index in [9.17, 15) is 0 Å². The Labute approximate surface area is 119 Å². The molecule has 98 valence electrons. The summed E-state index contributed by atoms with van der Waals surface area (Å²) in [6.45, 7) is 4.21. The Balaban J connectivity index is 2.25. The molecule has 2 aromatic carbocycles. The molecule has 0 aliphatic heterocycles. The molecule has 0 radical (unpaired) electrons. The zero-order valence-electron chi connectivity index (χ0n) is 11.7. The van der Waals surface area contributed by atoms with E-state index in [2.05, 4.69) is 48.1 Å². The van der Waals surface area contributed by atoms with Gasteiger partial charge in [-0.05, 0) is 25.0 Å². The fourth-order valence-corrected chi connectivity index (χ4v) is 2.41. The lowest BCUT2D eigenvalue weighted by molar-refractivity contribution is 1.20. The van der Waals surface area contributed by atoms with Crippen molar-refractivity contribution in [3.8, 4) is 22.5 Å². The van der Waals surface area contributed by atoms with E-state index in [1.54, 1.807) is 12.4 Å². The van der Waals surface area contributed by atoms with Gasteiger partial charge in [0.2, 0.25) is 0 Å². The molecule has 1 heterocycles. The maximum absolute atomic E-state index is 4.56. The van der Waals surface area contributed by atoms with Crippen LogP contribution in [0.2, 0.25) is 0 Å². The van der Waals surface area contributed by atoms with Crippen LogP contribution in [0.15, 0.2) is 60.9 Å². The quantitative estimate of drug-likeness (QED) is 0.681. The molecule has 0 saturated carbocycles. The minimum atomic E-state index is 0.944. The number of nitrogens with zero attached hydrogens (tertiary/aromatic N) is 2. The van der Waals surface area contributed by atoms with Gasteiger partial charge in [0.15, 0.2) is 0 Å². The zero-order chi connectivity index (χ0) is 13.9. The van der Waals surface area contributed by atoms with Gasteiger partial charge in [0.1, 0.15) is 0 Å². The molecule has 2 nitrogen and oxygen atoms in total. The Morgan fingerprint density at radius 3 is 1.40 bits per heavy atom. The second-order valence-corrected chi connectivity index (χ2v) is 4.88. The lowest BCUT2D eigenvalue weighted by atomic mass is 9.98. The van der Waals surface area contributed by atoms with Crippen molar-refractivity contribution in [2.75, 3.05) is 0 Å². The van der Waals surface area contributed by atoms with E-state index >= 15 is 0 Å². The second-order valence-electron chi connectivity index (χ2n) is 4.88.